The lowest BCUT2D eigenvalue weighted by molar-refractivity contribution is -0.104. The molecule has 0 N–H and O–H groups in total. The second-order valence-electron chi connectivity index (χ2n) is 4.49. The van der Waals surface area contributed by atoms with Crippen molar-refractivity contribution in [3.05, 3.63) is 41.1 Å². The van der Waals surface area contributed by atoms with Crippen molar-refractivity contribution in [3.8, 4) is 0 Å². The number of rotatable bonds is 2. The Labute approximate surface area is 102 Å². The highest BCUT2D eigenvalue weighted by Crippen LogP contribution is 2.27. The smallest absolute Gasteiger partial charge is 0.143 e. The van der Waals surface area contributed by atoms with Crippen LogP contribution in [-0.4, -0.2) is 10.9 Å². The number of carbonyl (C=O) groups excluding carboxylic acids is 1. The first-order valence-corrected chi connectivity index (χ1v) is 5.74. The molecule has 0 amide bonds. The molecule has 1 aromatic heterocycles. The van der Waals surface area contributed by atoms with Crippen molar-refractivity contribution < 1.29 is 4.79 Å². The predicted octanol–water partition coefficient (Wildman–Crippen LogP) is 3.40. The van der Waals surface area contributed by atoms with Crippen molar-refractivity contribution in [2.45, 2.75) is 20.8 Å². The Balaban J connectivity index is 2.70. The minimum absolute atomic E-state index is 0.836. The summed E-state index contributed by atoms with van der Waals surface area (Å²) in [6, 6.07) is 6.34. The number of fused-ring (bicyclic) bond motifs is 1. The van der Waals surface area contributed by atoms with Gasteiger partial charge in [-0.15, -0.1) is 0 Å². The molecule has 1 heterocycles. The molecule has 0 aliphatic heterocycles. The Morgan fingerprint density at radius 1 is 1.29 bits per heavy atom. The zero-order valence-electron chi connectivity index (χ0n) is 10.7. The van der Waals surface area contributed by atoms with E-state index < -0.39 is 0 Å². The van der Waals surface area contributed by atoms with Crippen LogP contribution in [0.2, 0.25) is 0 Å². The standard InChI is InChI=1S/C15H17NO/c1-10(7-8-17)13-5-6-15-14(9-13)11(2)12(3)16(15)4/h5-9H,1-4H3. The van der Waals surface area contributed by atoms with Gasteiger partial charge in [0.05, 0.1) is 0 Å². The van der Waals surface area contributed by atoms with Gasteiger partial charge in [-0.05, 0) is 55.7 Å². The van der Waals surface area contributed by atoms with Crippen LogP contribution in [-0.2, 0) is 11.8 Å². The molecule has 0 spiro atoms. The number of allylic oxidation sites excluding steroid dienone is 2. The molecule has 2 rings (SSSR count). The highest BCUT2D eigenvalue weighted by Gasteiger charge is 2.08. The average Bonchev–Trinajstić information content (AvgIpc) is 2.55. The highest BCUT2D eigenvalue weighted by atomic mass is 16.1. The molecular formula is C15H17NO. The largest absolute Gasteiger partial charge is 0.348 e. The van der Waals surface area contributed by atoms with Gasteiger partial charge in [-0.3, -0.25) is 4.79 Å². The molecule has 88 valence electrons. The third-order valence-electron chi connectivity index (χ3n) is 3.58. The number of nitrogens with zero attached hydrogens (tertiary/aromatic N) is 1. The molecule has 2 aromatic rings. The molecule has 1 aromatic carbocycles. The SMILES string of the molecule is CC(=CC=O)c1ccc2c(c1)c(C)c(C)n2C. The summed E-state index contributed by atoms with van der Waals surface area (Å²) in [7, 11) is 2.08. The molecule has 2 heteroatoms. The average molecular weight is 227 g/mol. The van der Waals surface area contributed by atoms with Crippen molar-refractivity contribution in [2.24, 2.45) is 7.05 Å². The predicted molar refractivity (Wildman–Crippen MR) is 72.1 cm³/mol. The third-order valence-corrected chi connectivity index (χ3v) is 3.58. The molecule has 0 saturated carbocycles. The summed E-state index contributed by atoms with van der Waals surface area (Å²) in [6.07, 6.45) is 2.44. The van der Waals surface area contributed by atoms with E-state index in [4.69, 9.17) is 0 Å². The quantitative estimate of drug-likeness (QED) is 0.569. The molecule has 0 atom stereocenters. The number of hydrogen-bond acceptors (Lipinski definition) is 1. The summed E-state index contributed by atoms with van der Waals surface area (Å²) in [5.74, 6) is 0. The van der Waals surface area contributed by atoms with Gasteiger partial charge in [0.15, 0.2) is 0 Å². The molecule has 0 aliphatic rings. The van der Waals surface area contributed by atoms with Gasteiger partial charge in [-0.25, -0.2) is 0 Å². The molecule has 0 unspecified atom stereocenters. The number of carbonyl (C=O) groups is 1. The number of benzene rings is 1. The molecule has 2 nitrogen and oxygen atoms in total. The summed E-state index contributed by atoms with van der Waals surface area (Å²) in [5, 5.41) is 1.26. The van der Waals surface area contributed by atoms with Gasteiger partial charge in [-0.2, -0.15) is 0 Å². The lowest BCUT2D eigenvalue weighted by atomic mass is 10.0. The summed E-state index contributed by atoms with van der Waals surface area (Å²) >= 11 is 0. The molecule has 0 radical (unpaired) electrons. The van der Waals surface area contributed by atoms with Crippen LogP contribution >= 0.6 is 0 Å². The van der Waals surface area contributed by atoms with Crippen molar-refractivity contribution in [2.75, 3.05) is 0 Å². The van der Waals surface area contributed by atoms with Gasteiger partial charge in [0.2, 0.25) is 0 Å². The van der Waals surface area contributed by atoms with E-state index in [1.54, 1.807) is 6.08 Å². The number of aromatic nitrogens is 1. The fourth-order valence-corrected chi connectivity index (χ4v) is 2.20. The maximum atomic E-state index is 10.5. The molecule has 0 bridgehead atoms. The van der Waals surface area contributed by atoms with E-state index in [1.165, 1.54) is 22.2 Å². The lowest BCUT2D eigenvalue weighted by Crippen LogP contribution is -1.90. The highest BCUT2D eigenvalue weighted by molar-refractivity contribution is 5.90. The Bertz CT molecular complexity index is 617. The molecule has 0 aliphatic carbocycles. The van der Waals surface area contributed by atoms with Crippen molar-refractivity contribution in [3.63, 3.8) is 0 Å². The van der Waals surface area contributed by atoms with Crippen LogP contribution in [0.4, 0.5) is 0 Å². The number of aryl methyl sites for hydroxylation is 2. The van der Waals surface area contributed by atoms with Crippen LogP contribution in [0.25, 0.3) is 16.5 Å². The summed E-state index contributed by atoms with van der Waals surface area (Å²) < 4.78 is 2.20. The van der Waals surface area contributed by atoms with E-state index in [1.807, 2.05) is 6.92 Å². The monoisotopic (exact) mass is 227 g/mol. The fourth-order valence-electron chi connectivity index (χ4n) is 2.20. The van der Waals surface area contributed by atoms with Gasteiger partial charge in [0, 0.05) is 23.6 Å². The Kier molecular flexibility index (Phi) is 2.88. The first-order valence-electron chi connectivity index (χ1n) is 5.74. The Morgan fingerprint density at radius 3 is 2.65 bits per heavy atom. The fraction of sp³-hybridized carbons (Fsp3) is 0.267. The zero-order chi connectivity index (χ0) is 12.6. The van der Waals surface area contributed by atoms with Crippen molar-refractivity contribution >= 4 is 22.8 Å². The van der Waals surface area contributed by atoms with E-state index >= 15 is 0 Å². The van der Waals surface area contributed by atoms with Crippen LogP contribution in [0.15, 0.2) is 24.3 Å². The summed E-state index contributed by atoms with van der Waals surface area (Å²) in [6.45, 7) is 6.23. The first kappa shape index (κ1) is 11.6. The molecule has 17 heavy (non-hydrogen) atoms. The zero-order valence-corrected chi connectivity index (χ0v) is 10.7. The van der Waals surface area contributed by atoms with Crippen LogP contribution < -0.4 is 0 Å². The van der Waals surface area contributed by atoms with Gasteiger partial charge in [0.1, 0.15) is 6.29 Å². The van der Waals surface area contributed by atoms with Gasteiger partial charge >= 0.3 is 0 Å². The van der Waals surface area contributed by atoms with Gasteiger partial charge in [0.25, 0.3) is 0 Å². The Hall–Kier alpha value is -1.83. The van der Waals surface area contributed by atoms with Gasteiger partial charge in [-0.1, -0.05) is 6.07 Å². The first-order chi connectivity index (χ1) is 8.06. The van der Waals surface area contributed by atoms with Crippen molar-refractivity contribution in [1.82, 2.24) is 4.57 Å². The third kappa shape index (κ3) is 1.80. The topological polar surface area (TPSA) is 22.0 Å². The molecular weight excluding hydrogens is 210 g/mol. The molecule has 0 saturated heterocycles. The second kappa shape index (κ2) is 4.21. The van der Waals surface area contributed by atoms with E-state index in [9.17, 15) is 4.79 Å². The van der Waals surface area contributed by atoms with E-state index in [2.05, 4.69) is 43.7 Å². The molecule has 0 fully saturated rings. The maximum absolute atomic E-state index is 10.5. The van der Waals surface area contributed by atoms with Crippen LogP contribution in [0.3, 0.4) is 0 Å². The Morgan fingerprint density at radius 2 is 2.00 bits per heavy atom. The van der Waals surface area contributed by atoms with Crippen LogP contribution in [0.5, 0.6) is 0 Å². The summed E-state index contributed by atoms with van der Waals surface area (Å²) in [4.78, 5) is 10.5. The van der Waals surface area contributed by atoms with Crippen LogP contribution in [0, 0.1) is 13.8 Å². The van der Waals surface area contributed by atoms with Crippen LogP contribution in [0.1, 0.15) is 23.7 Å². The van der Waals surface area contributed by atoms with E-state index in [-0.39, 0.29) is 0 Å². The van der Waals surface area contributed by atoms with Crippen molar-refractivity contribution in [1.29, 1.82) is 0 Å². The minimum Gasteiger partial charge on any atom is -0.348 e. The lowest BCUT2D eigenvalue weighted by Gasteiger charge is -2.02. The summed E-state index contributed by atoms with van der Waals surface area (Å²) in [5.41, 5.74) is 5.95. The number of aldehydes is 1. The van der Waals surface area contributed by atoms with E-state index in [0.717, 1.165) is 17.4 Å². The van der Waals surface area contributed by atoms with Gasteiger partial charge < -0.3 is 4.57 Å². The van der Waals surface area contributed by atoms with E-state index in [0.29, 0.717) is 0 Å². The maximum Gasteiger partial charge on any atom is 0.143 e. The normalized spacial score (nSPS) is 12.1. The number of hydrogen-bond donors (Lipinski definition) is 0. The second-order valence-corrected chi connectivity index (χ2v) is 4.49. The minimum atomic E-state index is 0.836.